The van der Waals surface area contributed by atoms with E-state index in [9.17, 15) is 4.79 Å². The van der Waals surface area contributed by atoms with Crippen LogP contribution >= 0.6 is 0 Å². The number of hydrogen-bond donors (Lipinski definition) is 1. The second-order valence-corrected chi connectivity index (χ2v) is 5.82. The number of furan rings is 1. The zero-order valence-corrected chi connectivity index (χ0v) is 14.8. The highest BCUT2D eigenvalue weighted by Crippen LogP contribution is 2.12. The molecule has 0 bridgehead atoms. The van der Waals surface area contributed by atoms with E-state index in [1.54, 1.807) is 18.2 Å². The number of nitrogens with zero attached hydrogens (tertiary/aromatic N) is 2. The molecule has 1 N–H and O–H groups in total. The predicted molar refractivity (Wildman–Crippen MR) is 95.5 cm³/mol. The Morgan fingerprint density at radius 1 is 1.04 bits per heavy atom. The monoisotopic (exact) mass is 329 g/mol. The first kappa shape index (κ1) is 18.1. The summed E-state index contributed by atoms with van der Waals surface area (Å²) in [6, 6.07) is 11.8. The Morgan fingerprint density at radius 3 is 2.38 bits per heavy atom. The quantitative estimate of drug-likeness (QED) is 0.807. The molecule has 0 spiro atoms. The molecule has 24 heavy (non-hydrogen) atoms. The van der Waals surface area contributed by atoms with Gasteiger partial charge in [0.15, 0.2) is 0 Å². The van der Waals surface area contributed by atoms with Crippen molar-refractivity contribution in [3.63, 3.8) is 0 Å². The van der Waals surface area contributed by atoms with Crippen molar-refractivity contribution >= 4 is 6.03 Å². The van der Waals surface area contributed by atoms with E-state index in [0.29, 0.717) is 13.1 Å². The van der Waals surface area contributed by atoms with Crippen LogP contribution in [0.2, 0.25) is 0 Å². The van der Waals surface area contributed by atoms with Gasteiger partial charge in [-0.2, -0.15) is 0 Å². The Hall–Kier alpha value is -2.27. The van der Waals surface area contributed by atoms with E-state index in [0.717, 1.165) is 31.0 Å². The molecule has 0 aliphatic rings. The average Bonchev–Trinajstić information content (AvgIpc) is 3.11. The van der Waals surface area contributed by atoms with Gasteiger partial charge < -0.3 is 14.6 Å². The summed E-state index contributed by atoms with van der Waals surface area (Å²) in [6.07, 6.45) is 1.62. The van der Waals surface area contributed by atoms with E-state index < -0.39 is 0 Å². The number of carbonyl (C=O) groups is 1. The van der Waals surface area contributed by atoms with Gasteiger partial charge in [-0.25, -0.2) is 4.79 Å². The van der Waals surface area contributed by atoms with Gasteiger partial charge in [0.2, 0.25) is 0 Å². The van der Waals surface area contributed by atoms with Gasteiger partial charge in [0.05, 0.1) is 12.8 Å². The van der Waals surface area contributed by atoms with Crippen LogP contribution in [0.5, 0.6) is 0 Å². The van der Waals surface area contributed by atoms with Gasteiger partial charge >= 0.3 is 6.03 Å². The van der Waals surface area contributed by atoms with E-state index in [4.69, 9.17) is 4.42 Å². The Bertz CT molecular complexity index is 621. The fourth-order valence-corrected chi connectivity index (χ4v) is 2.59. The lowest BCUT2D eigenvalue weighted by molar-refractivity contribution is 0.202. The van der Waals surface area contributed by atoms with Crippen molar-refractivity contribution in [1.29, 1.82) is 0 Å². The zero-order valence-electron chi connectivity index (χ0n) is 14.8. The lowest BCUT2D eigenvalue weighted by atomic mass is 10.1. The van der Waals surface area contributed by atoms with Crippen molar-refractivity contribution in [3.8, 4) is 0 Å². The molecule has 0 saturated heterocycles. The summed E-state index contributed by atoms with van der Waals surface area (Å²) in [5, 5.41) is 2.99. The smallest absolute Gasteiger partial charge is 0.317 e. The van der Waals surface area contributed by atoms with E-state index >= 15 is 0 Å². The summed E-state index contributed by atoms with van der Waals surface area (Å²) >= 11 is 0. The molecule has 5 nitrogen and oxygen atoms in total. The summed E-state index contributed by atoms with van der Waals surface area (Å²) in [4.78, 5) is 16.2. The minimum Gasteiger partial charge on any atom is -0.467 e. The lowest BCUT2D eigenvalue weighted by Crippen LogP contribution is -2.36. The van der Waals surface area contributed by atoms with Crippen LogP contribution in [0.15, 0.2) is 47.1 Å². The molecule has 0 unspecified atom stereocenters. The second-order valence-electron chi connectivity index (χ2n) is 5.82. The van der Waals surface area contributed by atoms with Crippen molar-refractivity contribution in [2.24, 2.45) is 0 Å². The summed E-state index contributed by atoms with van der Waals surface area (Å²) in [5.74, 6) is 0.773. The van der Waals surface area contributed by atoms with Crippen LogP contribution in [-0.4, -0.2) is 36.0 Å². The molecule has 130 valence electrons. The molecular weight excluding hydrogens is 302 g/mol. The largest absolute Gasteiger partial charge is 0.467 e. The topological polar surface area (TPSA) is 48.7 Å². The molecule has 0 aliphatic carbocycles. The van der Waals surface area contributed by atoms with Crippen LogP contribution < -0.4 is 5.32 Å². The number of rotatable bonds is 8. The molecule has 0 saturated carbocycles. The maximum Gasteiger partial charge on any atom is 0.317 e. The summed E-state index contributed by atoms with van der Waals surface area (Å²) in [5.41, 5.74) is 2.42. The van der Waals surface area contributed by atoms with E-state index in [1.165, 1.54) is 5.56 Å². The fourth-order valence-electron chi connectivity index (χ4n) is 2.59. The van der Waals surface area contributed by atoms with Crippen molar-refractivity contribution < 1.29 is 9.21 Å². The SMILES string of the molecule is CCN(CC)Cc1ccccc1CNC(=O)N(C)Cc1ccco1. The van der Waals surface area contributed by atoms with Gasteiger partial charge in [-0.3, -0.25) is 4.90 Å². The van der Waals surface area contributed by atoms with Gasteiger partial charge in [-0.1, -0.05) is 38.1 Å². The lowest BCUT2D eigenvalue weighted by Gasteiger charge is -2.21. The molecule has 2 amide bonds. The third kappa shape index (κ3) is 5.13. The molecule has 1 heterocycles. The van der Waals surface area contributed by atoms with Gasteiger partial charge in [0.25, 0.3) is 0 Å². The van der Waals surface area contributed by atoms with E-state index in [2.05, 4.69) is 36.2 Å². The minimum absolute atomic E-state index is 0.107. The molecule has 1 aromatic heterocycles. The average molecular weight is 329 g/mol. The Morgan fingerprint density at radius 2 is 1.75 bits per heavy atom. The third-order valence-corrected chi connectivity index (χ3v) is 4.16. The molecule has 0 atom stereocenters. The predicted octanol–water partition coefficient (Wildman–Crippen LogP) is 3.46. The van der Waals surface area contributed by atoms with E-state index in [1.807, 2.05) is 24.3 Å². The molecular formula is C19H27N3O2. The first-order valence-corrected chi connectivity index (χ1v) is 8.44. The second kappa shape index (κ2) is 9.13. The number of amides is 2. The van der Waals surface area contributed by atoms with Crippen LogP contribution in [0, 0.1) is 0 Å². The maximum absolute atomic E-state index is 12.3. The molecule has 1 aromatic carbocycles. The molecule has 0 radical (unpaired) electrons. The van der Waals surface area contributed by atoms with Crippen LogP contribution in [-0.2, 0) is 19.6 Å². The maximum atomic E-state index is 12.3. The Kier molecular flexibility index (Phi) is 6.88. The normalized spacial score (nSPS) is 10.8. The van der Waals surface area contributed by atoms with Crippen LogP contribution in [0.3, 0.4) is 0 Å². The summed E-state index contributed by atoms with van der Waals surface area (Å²) in [6.45, 7) is 8.25. The fraction of sp³-hybridized carbons (Fsp3) is 0.421. The number of hydrogen-bond acceptors (Lipinski definition) is 3. The number of nitrogens with one attached hydrogen (secondary N) is 1. The van der Waals surface area contributed by atoms with Crippen molar-refractivity contribution in [1.82, 2.24) is 15.1 Å². The van der Waals surface area contributed by atoms with Crippen molar-refractivity contribution in [3.05, 3.63) is 59.5 Å². The minimum atomic E-state index is -0.107. The molecule has 2 aromatic rings. The van der Waals surface area contributed by atoms with Gasteiger partial charge in [0.1, 0.15) is 5.76 Å². The van der Waals surface area contributed by atoms with Gasteiger partial charge in [-0.05, 0) is 36.3 Å². The highest BCUT2D eigenvalue weighted by Gasteiger charge is 2.12. The van der Waals surface area contributed by atoms with Gasteiger partial charge in [0, 0.05) is 20.1 Å². The molecule has 0 fully saturated rings. The van der Waals surface area contributed by atoms with Crippen molar-refractivity contribution in [2.45, 2.75) is 33.5 Å². The zero-order chi connectivity index (χ0) is 17.4. The highest BCUT2D eigenvalue weighted by molar-refractivity contribution is 5.73. The summed E-state index contributed by atoms with van der Waals surface area (Å²) in [7, 11) is 1.76. The molecule has 0 aliphatic heterocycles. The first-order valence-electron chi connectivity index (χ1n) is 8.44. The number of urea groups is 1. The third-order valence-electron chi connectivity index (χ3n) is 4.16. The molecule has 5 heteroatoms. The van der Waals surface area contributed by atoms with Crippen LogP contribution in [0.25, 0.3) is 0 Å². The van der Waals surface area contributed by atoms with Crippen LogP contribution in [0.1, 0.15) is 30.7 Å². The van der Waals surface area contributed by atoms with Crippen LogP contribution in [0.4, 0.5) is 4.79 Å². The standard InChI is InChI=1S/C19H27N3O2/c1-4-22(5-2)14-17-10-7-6-9-16(17)13-20-19(23)21(3)15-18-11-8-12-24-18/h6-12H,4-5,13-15H2,1-3H3,(H,20,23). The first-order chi connectivity index (χ1) is 11.6. The van der Waals surface area contributed by atoms with E-state index in [-0.39, 0.29) is 6.03 Å². The van der Waals surface area contributed by atoms with Gasteiger partial charge in [-0.15, -0.1) is 0 Å². The number of benzene rings is 1. The Labute approximate surface area is 144 Å². The summed E-state index contributed by atoms with van der Waals surface area (Å²) < 4.78 is 5.28. The molecule has 2 rings (SSSR count). The Balaban J connectivity index is 1.92. The highest BCUT2D eigenvalue weighted by atomic mass is 16.3. The van der Waals surface area contributed by atoms with Crippen molar-refractivity contribution in [2.75, 3.05) is 20.1 Å². The number of carbonyl (C=O) groups excluding carboxylic acids is 1.